The van der Waals surface area contributed by atoms with Crippen molar-refractivity contribution in [2.45, 2.75) is 58.4 Å². The van der Waals surface area contributed by atoms with E-state index in [-0.39, 0.29) is 23.9 Å². The Kier molecular flexibility index (Phi) is 5.57. The molecule has 0 aromatic rings. The minimum atomic E-state index is -0.449. The molecule has 1 aliphatic rings. The molecule has 0 aliphatic heterocycles. The van der Waals surface area contributed by atoms with Gasteiger partial charge in [-0.15, -0.1) is 0 Å². The number of amides is 2. The van der Waals surface area contributed by atoms with Gasteiger partial charge in [-0.1, -0.05) is 19.3 Å². The number of nitrogens with one attached hydrogen (secondary N) is 1. The Bertz CT molecular complexity index is 355. The van der Waals surface area contributed by atoms with E-state index in [1.54, 1.807) is 7.05 Å². The maximum atomic E-state index is 12.6. The van der Waals surface area contributed by atoms with Gasteiger partial charge in [0.25, 0.3) is 0 Å². The molecule has 0 heterocycles. The van der Waals surface area contributed by atoms with Crippen LogP contribution in [0.5, 0.6) is 0 Å². The Morgan fingerprint density at radius 1 is 1.20 bits per heavy atom. The fraction of sp³-hybridized carbons (Fsp3) is 0.867. The molecule has 5 nitrogen and oxygen atoms in total. The van der Waals surface area contributed by atoms with Gasteiger partial charge in [0.2, 0.25) is 11.8 Å². The topological polar surface area (TPSA) is 75.4 Å². The third-order valence-corrected chi connectivity index (χ3v) is 3.90. The molecule has 1 aliphatic carbocycles. The lowest BCUT2D eigenvalue weighted by molar-refractivity contribution is -0.145. The highest BCUT2D eigenvalue weighted by Gasteiger charge is 2.40. The summed E-state index contributed by atoms with van der Waals surface area (Å²) in [4.78, 5) is 26.1. The predicted octanol–water partition coefficient (Wildman–Crippen LogP) is 1.27. The molecule has 1 saturated carbocycles. The van der Waals surface area contributed by atoms with Crippen LogP contribution in [-0.2, 0) is 9.59 Å². The Labute approximate surface area is 122 Å². The number of nitrogens with zero attached hydrogens (tertiary/aromatic N) is 1. The van der Waals surface area contributed by atoms with E-state index in [2.05, 4.69) is 5.32 Å². The van der Waals surface area contributed by atoms with Crippen molar-refractivity contribution >= 4 is 11.8 Å². The van der Waals surface area contributed by atoms with Crippen molar-refractivity contribution in [2.24, 2.45) is 11.1 Å². The number of carbonyl (C=O) groups is 2. The molecule has 0 bridgehead atoms. The highest BCUT2D eigenvalue weighted by molar-refractivity contribution is 5.88. The zero-order valence-corrected chi connectivity index (χ0v) is 13.3. The van der Waals surface area contributed by atoms with Crippen molar-refractivity contribution in [3.05, 3.63) is 0 Å². The van der Waals surface area contributed by atoms with Crippen LogP contribution < -0.4 is 11.1 Å². The van der Waals surface area contributed by atoms with Crippen molar-refractivity contribution in [3.8, 4) is 0 Å². The van der Waals surface area contributed by atoms with Gasteiger partial charge in [0.1, 0.15) is 0 Å². The maximum absolute atomic E-state index is 12.6. The predicted molar refractivity (Wildman–Crippen MR) is 80.1 cm³/mol. The van der Waals surface area contributed by atoms with Gasteiger partial charge in [0, 0.05) is 19.1 Å². The highest BCUT2D eigenvalue weighted by atomic mass is 16.2. The SMILES string of the molecule is CN(CC(=O)NC(C)(C)C)C(=O)C1(CN)CCCCC1. The highest BCUT2D eigenvalue weighted by Crippen LogP contribution is 2.36. The first-order valence-corrected chi connectivity index (χ1v) is 7.47. The minimum absolute atomic E-state index is 0.0174. The van der Waals surface area contributed by atoms with Crippen LogP contribution in [0.3, 0.4) is 0 Å². The van der Waals surface area contributed by atoms with Crippen LogP contribution in [0.1, 0.15) is 52.9 Å². The molecule has 0 radical (unpaired) electrons. The quantitative estimate of drug-likeness (QED) is 0.816. The van der Waals surface area contributed by atoms with E-state index in [9.17, 15) is 9.59 Å². The van der Waals surface area contributed by atoms with Crippen LogP contribution in [0.4, 0.5) is 0 Å². The average Bonchev–Trinajstić information content (AvgIpc) is 2.36. The Balaban J connectivity index is 2.63. The third-order valence-electron chi connectivity index (χ3n) is 3.90. The lowest BCUT2D eigenvalue weighted by atomic mass is 9.73. The molecule has 116 valence electrons. The van der Waals surface area contributed by atoms with Crippen LogP contribution in [0.15, 0.2) is 0 Å². The summed E-state index contributed by atoms with van der Waals surface area (Å²) >= 11 is 0. The van der Waals surface area contributed by atoms with E-state index < -0.39 is 5.41 Å². The van der Waals surface area contributed by atoms with Crippen LogP contribution >= 0.6 is 0 Å². The lowest BCUT2D eigenvalue weighted by Crippen LogP contribution is -2.52. The van der Waals surface area contributed by atoms with Crippen molar-refractivity contribution < 1.29 is 9.59 Å². The van der Waals surface area contributed by atoms with Crippen molar-refractivity contribution in [1.29, 1.82) is 0 Å². The fourth-order valence-corrected chi connectivity index (χ4v) is 2.88. The summed E-state index contributed by atoms with van der Waals surface area (Å²) < 4.78 is 0. The Morgan fingerprint density at radius 2 is 1.75 bits per heavy atom. The zero-order chi connectivity index (χ0) is 15.4. The molecule has 5 heteroatoms. The molecular formula is C15H29N3O2. The lowest BCUT2D eigenvalue weighted by Gasteiger charge is -2.37. The van der Waals surface area contributed by atoms with Crippen molar-refractivity contribution in [1.82, 2.24) is 10.2 Å². The molecular weight excluding hydrogens is 254 g/mol. The molecule has 2 amide bonds. The molecule has 0 aromatic heterocycles. The zero-order valence-electron chi connectivity index (χ0n) is 13.3. The molecule has 3 N–H and O–H groups in total. The first kappa shape index (κ1) is 17.0. The second kappa shape index (κ2) is 6.57. The van der Waals surface area contributed by atoms with Gasteiger partial charge in [-0.25, -0.2) is 0 Å². The number of carbonyl (C=O) groups excluding carboxylic acids is 2. The summed E-state index contributed by atoms with van der Waals surface area (Å²) in [7, 11) is 1.69. The normalized spacial score (nSPS) is 18.4. The van der Waals surface area contributed by atoms with E-state index in [4.69, 9.17) is 5.73 Å². The summed E-state index contributed by atoms with van der Waals surface area (Å²) in [5, 5.41) is 2.87. The van der Waals surface area contributed by atoms with Gasteiger partial charge < -0.3 is 16.0 Å². The van der Waals surface area contributed by atoms with Crippen molar-refractivity contribution in [3.63, 3.8) is 0 Å². The maximum Gasteiger partial charge on any atom is 0.240 e. The van der Waals surface area contributed by atoms with E-state index in [0.717, 1.165) is 25.7 Å². The number of hydrogen-bond acceptors (Lipinski definition) is 3. The number of hydrogen-bond donors (Lipinski definition) is 2. The summed E-state index contributed by atoms with van der Waals surface area (Å²) in [6.45, 7) is 6.24. The Morgan fingerprint density at radius 3 is 2.20 bits per heavy atom. The molecule has 20 heavy (non-hydrogen) atoms. The van der Waals surface area contributed by atoms with E-state index in [0.29, 0.717) is 6.54 Å². The van der Waals surface area contributed by atoms with Crippen LogP contribution in [-0.4, -0.2) is 42.4 Å². The van der Waals surface area contributed by atoms with Gasteiger partial charge in [0.05, 0.1) is 12.0 Å². The summed E-state index contributed by atoms with van der Waals surface area (Å²) in [6, 6.07) is 0. The second-order valence-electron chi connectivity index (χ2n) is 7.00. The van der Waals surface area contributed by atoms with Gasteiger partial charge in [-0.2, -0.15) is 0 Å². The van der Waals surface area contributed by atoms with Gasteiger partial charge in [-0.05, 0) is 33.6 Å². The molecule has 0 atom stereocenters. The first-order chi connectivity index (χ1) is 9.20. The van der Waals surface area contributed by atoms with E-state index in [1.807, 2.05) is 20.8 Å². The second-order valence-corrected chi connectivity index (χ2v) is 7.00. The standard InChI is InChI=1S/C15H29N3O2/c1-14(2,3)17-12(19)10-18(4)13(20)15(11-16)8-6-5-7-9-15/h5-11,16H2,1-4H3,(H,17,19). The number of rotatable bonds is 4. The molecule has 0 unspecified atom stereocenters. The summed E-state index contributed by atoms with van der Waals surface area (Å²) in [5.74, 6) is -0.111. The average molecular weight is 283 g/mol. The monoisotopic (exact) mass is 283 g/mol. The van der Waals surface area contributed by atoms with Crippen LogP contribution in [0.25, 0.3) is 0 Å². The largest absolute Gasteiger partial charge is 0.350 e. The molecule has 1 rings (SSSR count). The molecule has 1 fully saturated rings. The smallest absolute Gasteiger partial charge is 0.240 e. The van der Waals surface area contributed by atoms with Crippen LogP contribution in [0, 0.1) is 5.41 Å². The molecule has 0 aromatic carbocycles. The third kappa shape index (κ3) is 4.47. The number of likely N-dealkylation sites (N-methyl/N-ethyl adjacent to an activating group) is 1. The summed E-state index contributed by atoms with van der Waals surface area (Å²) in [6.07, 6.45) is 4.94. The van der Waals surface area contributed by atoms with E-state index in [1.165, 1.54) is 11.3 Å². The minimum Gasteiger partial charge on any atom is -0.350 e. The van der Waals surface area contributed by atoms with Gasteiger partial charge in [-0.3, -0.25) is 9.59 Å². The number of nitrogens with two attached hydrogens (primary N) is 1. The van der Waals surface area contributed by atoms with E-state index >= 15 is 0 Å². The Hall–Kier alpha value is -1.10. The van der Waals surface area contributed by atoms with Crippen molar-refractivity contribution in [2.75, 3.05) is 20.1 Å². The van der Waals surface area contributed by atoms with Gasteiger partial charge in [0.15, 0.2) is 0 Å². The molecule has 0 spiro atoms. The summed E-state index contributed by atoms with van der Waals surface area (Å²) in [5.41, 5.74) is 5.13. The first-order valence-electron chi connectivity index (χ1n) is 7.47. The van der Waals surface area contributed by atoms with Crippen LogP contribution in [0.2, 0.25) is 0 Å². The molecule has 0 saturated heterocycles. The fourth-order valence-electron chi connectivity index (χ4n) is 2.88. The van der Waals surface area contributed by atoms with Gasteiger partial charge >= 0.3 is 0 Å².